The lowest BCUT2D eigenvalue weighted by molar-refractivity contribution is 0.0785. The molecular weight excluding hydrogens is 247 g/mol. The van der Waals surface area contributed by atoms with Crippen LogP contribution < -0.4 is 5.73 Å². The molecule has 0 saturated carbocycles. The fraction of sp³-hybridized carbons (Fsp3) is 0.154. The fourth-order valence-corrected chi connectivity index (χ4v) is 1.66. The second kappa shape index (κ2) is 5.43. The van der Waals surface area contributed by atoms with Crippen LogP contribution >= 0.6 is 0 Å². The highest BCUT2D eigenvalue weighted by Gasteiger charge is 2.16. The summed E-state index contributed by atoms with van der Waals surface area (Å²) in [6.07, 6.45) is 4.30. The number of carbonyl (C=O) groups is 1. The number of nitrogens with two attached hydrogens (primary N) is 1. The third-order valence-electron chi connectivity index (χ3n) is 2.60. The summed E-state index contributed by atoms with van der Waals surface area (Å²) >= 11 is 0. The first-order valence-corrected chi connectivity index (χ1v) is 5.63. The first kappa shape index (κ1) is 12.9. The molecular formula is C13H13FN4O. The number of rotatable bonds is 3. The molecule has 2 aromatic rings. The highest BCUT2D eigenvalue weighted by molar-refractivity contribution is 5.98. The van der Waals surface area contributed by atoms with Crippen molar-refractivity contribution in [3.05, 3.63) is 53.7 Å². The molecule has 0 fully saturated rings. The van der Waals surface area contributed by atoms with Gasteiger partial charge in [-0.15, -0.1) is 0 Å². The summed E-state index contributed by atoms with van der Waals surface area (Å²) < 4.78 is 13.1. The number of amides is 1. The number of hydrogen-bond acceptors (Lipinski definition) is 4. The zero-order valence-corrected chi connectivity index (χ0v) is 10.4. The van der Waals surface area contributed by atoms with Crippen LogP contribution in [0.1, 0.15) is 15.9 Å². The Bertz CT molecular complexity index is 588. The number of carbonyl (C=O) groups excluding carboxylic acids is 1. The average Bonchev–Trinajstić information content (AvgIpc) is 2.42. The predicted molar refractivity (Wildman–Crippen MR) is 68.6 cm³/mol. The summed E-state index contributed by atoms with van der Waals surface area (Å²) in [7, 11) is 1.61. The Hall–Kier alpha value is -2.50. The van der Waals surface area contributed by atoms with Gasteiger partial charge in [-0.2, -0.15) is 0 Å². The summed E-state index contributed by atoms with van der Waals surface area (Å²) in [5.74, 6) is -0.954. The van der Waals surface area contributed by atoms with E-state index < -0.39 is 5.82 Å². The van der Waals surface area contributed by atoms with E-state index in [9.17, 15) is 9.18 Å². The SMILES string of the molecule is CN(Cc1cccnc1)C(=O)c1cc(F)cnc1N. The minimum absolute atomic E-state index is 0.0180. The Balaban J connectivity index is 2.17. The van der Waals surface area contributed by atoms with Gasteiger partial charge in [0, 0.05) is 26.0 Å². The van der Waals surface area contributed by atoms with E-state index in [0.29, 0.717) is 6.54 Å². The van der Waals surface area contributed by atoms with Crippen LogP contribution in [0.4, 0.5) is 10.2 Å². The van der Waals surface area contributed by atoms with Gasteiger partial charge in [0.05, 0.1) is 11.8 Å². The van der Waals surface area contributed by atoms with Crippen molar-refractivity contribution in [2.45, 2.75) is 6.54 Å². The van der Waals surface area contributed by atoms with Crippen molar-refractivity contribution in [1.82, 2.24) is 14.9 Å². The number of pyridine rings is 2. The van der Waals surface area contributed by atoms with Crippen LogP contribution in [-0.2, 0) is 6.54 Å². The molecule has 2 heterocycles. The third-order valence-corrected chi connectivity index (χ3v) is 2.60. The van der Waals surface area contributed by atoms with Crippen molar-refractivity contribution in [2.24, 2.45) is 0 Å². The van der Waals surface area contributed by atoms with E-state index in [0.717, 1.165) is 17.8 Å². The summed E-state index contributed by atoms with van der Waals surface area (Å²) in [4.78, 5) is 21.2. The first-order valence-electron chi connectivity index (χ1n) is 5.63. The van der Waals surface area contributed by atoms with Gasteiger partial charge in [0.15, 0.2) is 0 Å². The number of aromatic nitrogens is 2. The standard InChI is InChI=1S/C13H13FN4O/c1-18(8-9-3-2-4-16-6-9)13(19)11-5-10(14)7-17-12(11)15/h2-7H,8H2,1H3,(H2,15,17). The Morgan fingerprint density at radius 1 is 1.47 bits per heavy atom. The Kier molecular flexibility index (Phi) is 3.70. The van der Waals surface area contributed by atoms with E-state index in [-0.39, 0.29) is 17.3 Å². The molecule has 0 bridgehead atoms. The number of anilines is 1. The third kappa shape index (κ3) is 3.04. The highest BCUT2D eigenvalue weighted by atomic mass is 19.1. The number of hydrogen-bond donors (Lipinski definition) is 1. The van der Waals surface area contributed by atoms with Crippen LogP contribution in [0, 0.1) is 5.82 Å². The minimum atomic E-state index is -0.590. The molecule has 0 aliphatic rings. The Morgan fingerprint density at radius 2 is 2.26 bits per heavy atom. The maximum atomic E-state index is 13.1. The second-order valence-electron chi connectivity index (χ2n) is 4.11. The van der Waals surface area contributed by atoms with Gasteiger partial charge in [0.1, 0.15) is 11.6 Å². The van der Waals surface area contributed by atoms with E-state index in [1.807, 2.05) is 6.07 Å². The average molecular weight is 260 g/mol. The lowest BCUT2D eigenvalue weighted by Crippen LogP contribution is -2.27. The molecule has 2 N–H and O–H groups in total. The van der Waals surface area contributed by atoms with Crippen LogP contribution in [0.5, 0.6) is 0 Å². The maximum absolute atomic E-state index is 13.1. The quantitative estimate of drug-likeness (QED) is 0.907. The fourth-order valence-electron chi connectivity index (χ4n) is 1.66. The molecule has 0 radical (unpaired) electrons. The lowest BCUT2D eigenvalue weighted by atomic mass is 10.2. The van der Waals surface area contributed by atoms with E-state index in [4.69, 9.17) is 5.73 Å². The number of halogens is 1. The molecule has 0 spiro atoms. The molecule has 2 rings (SSSR count). The van der Waals surface area contributed by atoms with E-state index in [1.54, 1.807) is 25.5 Å². The number of nitrogens with zero attached hydrogens (tertiary/aromatic N) is 3. The van der Waals surface area contributed by atoms with Crippen molar-refractivity contribution in [1.29, 1.82) is 0 Å². The van der Waals surface area contributed by atoms with Gasteiger partial charge in [0.25, 0.3) is 5.91 Å². The summed E-state index contributed by atoms with van der Waals surface area (Å²) in [6.45, 7) is 0.364. The first-order chi connectivity index (χ1) is 9.08. The Morgan fingerprint density at radius 3 is 2.95 bits per heavy atom. The summed E-state index contributed by atoms with van der Waals surface area (Å²) in [5.41, 5.74) is 6.52. The van der Waals surface area contributed by atoms with Gasteiger partial charge in [0.2, 0.25) is 0 Å². The maximum Gasteiger partial charge on any atom is 0.257 e. The van der Waals surface area contributed by atoms with Crippen molar-refractivity contribution < 1.29 is 9.18 Å². The zero-order chi connectivity index (χ0) is 13.8. The summed E-state index contributed by atoms with van der Waals surface area (Å²) in [6, 6.07) is 4.72. The van der Waals surface area contributed by atoms with Gasteiger partial charge < -0.3 is 10.6 Å². The minimum Gasteiger partial charge on any atom is -0.383 e. The van der Waals surface area contributed by atoms with Crippen LogP contribution in [-0.4, -0.2) is 27.8 Å². The zero-order valence-electron chi connectivity index (χ0n) is 10.4. The molecule has 0 unspecified atom stereocenters. The molecule has 6 heteroatoms. The molecule has 98 valence electrons. The van der Waals surface area contributed by atoms with Crippen LogP contribution in [0.15, 0.2) is 36.8 Å². The molecule has 0 aliphatic carbocycles. The molecule has 0 aromatic carbocycles. The van der Waals surface area contributed by atoms with Crippen LogP contribution in [0.3, 0.4) is 0 Å². The molecule has 0 atom stereocenters. The van der Waals surface area contributed by atoms with Crippen molar-refractivity contribution in [3.63, 3.8) is 0 Å². The molecule has 0 aliphatic heterocycles. The van der Waals surface area contributed by atoms with Crippen LogP contribution in [0.25, 0.3) is 0 Å². The van der Waals surface area contributed by atoms with Gasteiger partial charge in [-0.3, -0.25) is 9.78 Å². The monoisotopic (exact) mass is 260 g/mol. The lowest BCUT2D eigenvalue weighted by Gasteiger charge is -2.17. The van der Waals surface area contributed by atoms with Gasteiger partial charge >= 0.3 is 0 Å². The van der Waals surface area contributed by atoms with Crippen molar-refractivity contribution in [2.75, 3.05) is 12.8 Å². The second-order valence-corrected chi connectivity index (χ2v) is 4.11. The van der Waals surface area contributed by atoms with Gasteiger partial charge in [-0.25, -0.2) is 9.37 Å². The normalized spacial score (nSPS) is 10.2. The largest absolute Gasteiger partial charge is 0.383 e. The molecule has 5 nitrogen and oxygen atoms in total. The highest BCUT2D eigenvalue weighted by Crippen LogP contribution is 2.13. The summed E-state index contributed by atoms with van der Waals surface area (Å²) in [5, 5.41) is 0. The van der Waals surface area contributed by atoms with Crippen LogP contribution in [0.2, 0.25) is 0 Å². The van der Waals surface area contributed by atoms with Crippen molar-refractivity contribution >= 4 is 11.7 Å². The van der Waals surface area contributed by atoms with Crippen molar-refractivity contribution in [3.8, 4) is 0 Å². The molecule has 19 heavy (non-hydrogen) atoms. The van der Waals surface area contributed by atoms with Gasteiger partial charge in [-0.05, 0) is 17.7 Å². The molecule has 1 amide bonds. The molecule has 0 saturated heterocycles. The predicted octanol–water partition coefficient (Wildman–Crippen LogP) is 1.47. The Labute approximate surface area is 109 Å². The number of nitrogen functional groups attached to an aromatic ring is 1. The van der Waals surface area contributed by atoms with E-state index in [2.05, 4.69) is 9.97 Å². The smallest absolute Gasteiger partial charge is 0.257 e. The van der Waals surface area contributed by atoms with E-state index in [1.165, 1.54) is 4.90 Å². The molecule has 2 aromatic heterocycles. The van der Waals surface area contributed by atoms with E-state index >= 15 is 0 Å². The van der Waals surface area contributed by atoms with Gasteiger partial charge in [-0.1, -0.05) is 6.07 Å². The topological polar surface area (TPSA) is 72.1 Å².